The number of nitrogens with one attached hydrogen (secondary N) is 1. The lowest BCUT2D eigenvalue weighted by atomic mass is 10.1. The molecule has 0 radical (unpaired) electrons. The predicted octanol–water partition coefficient (Wildman–Crippen LogP) is 3.21. The Morgan fingerprint density at radius 2 is 2.05 bits per heavy atom. The van der Waals surface area contributed by atoms with Gasteiger partial charge in [0.15, 0.2) is 0 Å². The van der Waals surface area contributed by atoms with Crippen LogP contribution in [-0.2, 0) is 11.3 Å². The molecule has 0 aliphatic heterocycles. The van der Waals surface area contributed by atoms with Crippen LogP contribution in [0.4, 0.5) is 4.39 Å². The van der Waals surface area contributed by atoms with Gasteiger partial charge in [0, 0.05) is 22.7 Å². The number of likely N-dealkylation sites (N-methyl/N-ethyl adjacent to an activating group) is 1. The molecule has 0 spiro atoms. The Morgan fingerprint density at radius 1 is 1.45 bits per heavy atom. The van der Waals surface area contributed by atoms with E-state index >= 15 is 0 Å². The van der Waals surface area contributed by atoms with Crippen molar-refractivity contribution in [2.24, 2.45) is 0 Å². The van der Waals surface area contributed by atoms with Gasteiger partial charge in [-0.2, -0.15) is 0 Å². The maximum absolute atomic E-state index is 13.7. The highest BCUT2D eigenvalue weighted by molar-refractivity contribution is 6.31. The van der Waals surface area contributed by atoms with Crippen molar-refractivity contribution in [2.45, 2.75) is 45.8 Å². The van der Waals surface area contributed by atoms with Crippen molar-refractivity contribution in [2.75, 3.05) is 7.05 Å². The maximum atomic E-state index is 13.7. The third kappa shape index (κ3) is 4.76. The number of benzene rings is 1. The lowest BCUT2D eigenvalue weighted by Crippen LogP contribution is -2.49. The Labute approximate surface area is 125 Å². The van der Waals surface area contributed by atoms with Crippen molar-refractivity contribution >= 4 is 17.5 Å². The van der Waals surface area contributed by atoms with Gasteiger partial charge in [0.25, 0.3) is 0 Å². The van der Waals surface area contributed by atoms with Gasteiger partial charge in [0.05, 0.1) is 6.04 Å². The summed E-state index contributed by atoms with van der Waals surface area (Å²) < 4.78 is 13.7. The van der Waals surface area contributed by atoms with Crippen LogP contribution in [-0.4, -0.2) is 29.4 Å². The third-order valence-corrected chi connectivity index (χ3v) is 3.36. The normalized spacial score (nSPS) is 13.4. The first-order valence-corrected chi connectivity index (χ1v) is 6.95. The molecule has 1 atom stereocenters. The quantitative estimate of drug-likeness (QED) is 0.926. The van der Waals surface area contributed by atoms with E-state index in [-0.39, 0.29) is 29.8 Å². The number of carbonyl (C=O) groups is 1. The molecule has 0 bridgehead atoms. The molecule has 1 aromatic rings. The van der Waals surface area contributed by atoms with E-state index in [0.29, 0.717) is 10.6 Å². The Kier molecular flexibility index (Phi) is 5.54. The van der Waals surface area contributed by atoms with Crippen molar-refractivity contribution in [1.29, 1.82) is 0 Å². The molecular weight excluding hydrogens is 279 g/mol. The molecular formula is C15H22ClFN2O. The van der Waals surface area contributed by atoms with E-state index in [0.717, 1.165) is 0 Å². The SMILES string of the molecule is CC(C(=O)NC(C)(C)C)N(C)Cc1c(F)cccc1Cl. The maximum Gasteiger partial charge on any atom is 0.237 e. The summed E-state index contributed by atoms with van der Waals surface area (Å²) >= 11 is 6.00. The monoisotopic (exact) mass is 300 g/mol. The van der Waals surface area contributed by atoms with E-state index in [1.165, 1.54) is 6.07 Å². The average Bonchev–Trinajstić information content (AvgIpc) is 2.30. The Morgan fingerprint density at radius 3 is 2.55 bits per heavy atom. The summed E-state index contributed by atoms with van der Waals surface area (Å²) in [5.74, 6) is -0.444. The summed E-state index contributed by atoms with van der Waals surface area (Å²) in [6.45, 7) is 7.84. The van der Waals surface area contributed by atoms with E-state index in [4.69, 9.17) is 11.6 Å². The zero-order valence-electron chi connectivity index (χ0n) is 12.6. The van der Waals surface area contributed by atoms with Crippen molar-refractivity contribution in [3.05, 3.63) is 34.6 Å². The van der Waals surface area contributed by atoms with E-state index in [9.17, 15) is 9.18 Å². The van der Waals surface area contributed by atoms with Crippen molar-refractivity contribution in [1.82, 2.24) is 10.2 Å². The van der Waals surface area contributed by atoms with Crippen LogP contribution in [0.25, 0.3) is 0 Å². The highest BCUT2D eigenvalue weighted by Crippen LogP contribution is 2.21. The van der Waals surface area contributed by atoms with Crippen LogP contribution in [0.1, 0.15) is 33.3 Å². The molecule has 1 rings (SSSR count). The van der Waals surface area contributed by atoms with Gasteiger partial charge in [-0.25, -0.2) is 4.39 Å². The number of hydrogen-bond acceptors (Lipinski definition) is 2. The van der Waals surface area contributed by atoms with Crippen LogP contribution < -0.4 is 5.32 Å². The summed E-state index contributed by atoms with van der Waals surface area (Å²) in [6.07, 6.45) is 0. The molecule has 1 amide bonds. The third-order valence-electron chi connectivity index (χ3n) is 3.01. The molecule has 1 aromatic carbocycles. The smallest absolute Gasteiger partial charge is 0.237 e. The second-order valence-electron chi connectivity index (χ2n) is 6.03. The summed E-state index contributed by atoms with van der Waals surface area (Å²) in [5.41, 5.74) is 0.119. The first-order chi connectivity index (χ1) is 9.11. The van der Waals surface area contributed by atoms with Crippen LogP contribution in [0.15, 0.2) is 18.2 Å². The zero-order chi connectivity index (χ0) is 15.5. The number of rotatable bonds is 4. The molecule has 20 heavy (non-hydrogen) atoms. The molecule has 5 heteroatoms. The van der Waals surface area contributed by atoms with Crippen LogP contribution in [0.3, 0.4) is 0 Å². The van der Waals surface area contributed by atoms with Crippen LogP contribution in [0.2, 0.25) is 5.02 Å². The molecule has 0 heterocycles. The fourth-order valence-electron chi connectivity index (χ4n) is 1.74. The molecule has 0 aliphatic carbocycles. The van der Waals surface area contributed by atoms with E-state index in [2.05, 4.69) is 5.32 Å². The fourth-order valence-corrected chi connectivity index (χ4v) is 1.97. The first kappa shape index (κ1) is 16.9. The molecule has 3 nitrogen and oxygen atoms in total. The minimum Gasteiger partial charge on any atom is -0.350 e. The Balaban J connectivity index is 2.76. The predicted molar refractivity (Wildman–Crippen MR) is 80.2 cm³/mol. The fraction of sp³-hybridized carbons (Fsp3) is 0.533. The number of amides is 1. The van der Waals surface area contributed by atoms with Gasteiger partial charge in [0.1, 0.15) is 5.82 Å². The highest BCUT2D eigenvalue weighted by Gasteiger charge is 2.23. The summed E-state index contributed by atoms with van der Waals surface area (Å²) in [4.78, 5) is 13.8. The van der Waals surface area contributed by atoms with Gasteiger partial charge in [-0.05, 0) is 46.9 Å². The lowest BCUT2D eigenvalue weighted by Gasteiger charge is -2.28. The van der Waals surface area contributed by atoms with Crippen molar-refractivity contribution in [3.8, 4) is 0 Å². The molecule has 0 saturated heterocycles. The standard InChI is InChI=1S/C15H22ClFN2O/c1-10(14(20)18-15(2,3)4)19(5)9-11-12(16)7-6-8-13(11)17/h6-8,10H,9H2,1-5H3,(H,18,20). The zero-order valence-corrected chi connectivity index (χ0v) is 13.4. The summed E-state index contributed by atoms with van der Waals surface area (Å²) in [6, 6.07) is 4.21. The van der Waals surface area contributed by atoms with Gasteiger partial charge < -0.3 is 5.32 Å². The Hall–Kier alpha value is -1.13. The van der Waals surface area contributed by atoms with Gasteiger partial charge in [-0.1, -0.05) is 17.7 Å². The highest BCUT2D eigenvalue weighted by atomic mass is 35.5. The van der Waals surface area contributed by atoms with Crippen LogP contribution in [0, 0.1) is 5.82 Å². The molecule has 0 aromatic heterocycles. The first-order valence-electron chi connectivity index (χ1n) is 6.57. The Bertz CT molecular complexity index is 465. The second-order valence-corrected chi connectivity index (χ2v) is 6.44. The second kappa shape index (κ2) is 6.55. The number of hydrogen-bond donors (Lipinski definition) is 1. The molecule has 0 saturated carbocycles. The van der Waals surface area contributed by atoms with E-state index in [1.54, 1.807) is 31.0 Å². The average molecular weight is 301 g/mol. The number of halogens is 2. The van der Waals surface area contributed by atoms with Crippen LogP contribution in [0.5, 0.6) is 0 Å². The lowest BCUT2D eigenvalue weighted by molar-refractivity contribution is -0.127. The molecule has 1 unspecified atom stereocenters. The van der Waals surface area contributed by atoms with E-state index in [1.807, 2.05) is 20.8 Å². The molecule has 112 valence electrons. The van der Waals surface area contributed by atoms with Crippen molar-refractivity contribution < 1.29 is 9.18 Å². The van der Waals surface area contributed by atoms with Gasteiger partial charge in [-0.15, -0.1) is 0 Å². The minimum atomic E-state index is -0.370. The summed E-state index contributed by atoms with van der Waals surface area (Å²) in [5, 5.41) is 3.28. The largest absolute Gasteiger partial charge is 0.350 e. The topological polar surface area (TPSA) is 32.3 Å². The van der Waals surface area contributed by atoms with E-state index < -0.39 is 0 Å². The van der Waals surface area contributed by atoms with Gasteiger partial charge in [-0.3, -0.25) is 9.69 Å². The number of nitrogens with zero attached hydrogens (tertiary/aromatic N) is 1. The van der Waals surface area contributed by atoms with Gasteiger partial charge >= 0.3 is 0 Å². The number of carbonyl (C=O) groups excluding carboxylic acids is 1. The van der Waals surface area contributed by atoms with Crippen LogP contribution >= 0.6 is 11.6 Å². The molecule has 0 aliphatic rings. The summed E-state index contributed by atoms with van der Waals surface area (Å²) in [7, 11) is 1.77. The molecule has 0 fully saturated rings. The minimum absolute atomic E-state index is 0.0903. The van der Waals surface area contributed by atoms with Gasteiger partial charge in [0.2, 0.25) is 5.91 Å². The molecule has 1 N–H and O–H groups in total. The van der Waals surface area contributed by atoms with Crippen molar-refractivity contribution in [3.63, 3.8) is 0 Å².